The number of carbonyl (C=O) groups excluding carboxylic acids is 1. The lowest BCUT2D eigenvalue weighted by Crippen LogP contribution is -2.25. The van der Waals surface area contributed by atoms with Gasteiger partial charge in [0.05, 0.1) is 6.54 Å². The fraction of sp³-hybridized carbons (Fsp3) is 0.500. The molecule has 1 fully saturated rings. The van der Waals surface area contributed by atoms with Gasteiger partial charge < -0.3 is 9.88 Å². The van der Waals surface area contributed by atoms with Crippen LogP contribution in [-0.2, 0) is 17.8 Å². The summed E-state index contributed by atoms with van der Waals surface area (Å²) in [6.45, 7) is 2.44. The van der Waals surface area contributed by atoms with Gasteiger partial charge in [-0.05, 0) is 48.6 Å². The summed E-state index contributed by atoms with van der Waals surface area (Å²) in [5, 5.41) is 15.3. The van der Waals surface area contributed by atoms with Crippen LogP contribution in [0.15, 0.2) is 16.8 Å². The molecule has 1 amide bonds. The quantitative estimate of drug-likeness (QED) is 0.887. The van der Waals surface area contributed by atoms with E-state index in [2.05, 4.69) is 31.5 Å². The molecule has 0 unspecified atom stereocenters. The zero-order valence-corrected chi connectivity index (χ0v) is 12.3. The van der Waals surface area contributed by atoms with Crippen LogP contribution in [-0.4, -0.2) is 20.7 Å². The molecule has 1 saturated carbocycles. The van der Waals surface area contributed by atoms with Crippen LogP contribution in [0, 0.1) is 6.92 Å². The zero-order chi connectivity index (χ0) is 13.9. The van der Waals surface area contributed by atoms with Crippen molar-refractivity contribution in [2.24, 2.45) is 0 Å². The van der Waals surface area contributed by atoms with E-state index in [0.29, 0.717) is 19.0 Å². The molecule has 20 heavy (non-hydrogen) atoms. The Balaban J connectivity index is 1.50. The van der Waals surface area contributed by atoms with Gasteiger partial charge >= 0.3 is 0 Å². The highest BCUT2D eigenvalue weighted by atomic mass is 32.1. The molecular formula is C14H18N4OS. The number of aryl methyl sites for hydroxylation is 2. The van der Waals surface area contributed by atoms with Crippen molar-refractivity contribution in [3.63, 3.8) is 0 Å². The molecule has 2 aromatic heterocycles. The van der Waals surface area contributed by atoms with E-state index in [1.807, 2.05) is 12.3 Å². The molecule has 0 aromatic carbocycles. The summed E-state index contributed by atoms with van der Waals surface area (Å²) in [4.78, 5) is 11.8. The van der Waals surface area contributed by atoms with Crippen molar-refractivity contribution in [3.05, 3.63) is 34.0 Å². The van der Waals surface area contributed by atoms with Crippen molar-refractivity contribution in [3.8, 4) is 0 Å². The van der Waals surface area contributed by atoms with E-state index in [1.54, 1.807) is 11.3 Å². The molecule has 1 N–H and O–H groups in total. The summed E-state index contributed by atoms with van der Waals surface area (Å²) < 4.78 is 2.15. The van der Waals surface area contributed by atoms with Gasteiger partial charge in [0, 0.05) is 12.5 Å². The number of hydrogen-bond donors (Lipinski definition) is 1. The number of carbonyl (C=O) groups is 1. The van der Waals surface area contributed by atoms with Crippen LogP contribution in [0.5, 0.6) is 0 Å². The third-order valence-electron chi connectivity index (χ3n) is 3.51. The van der Waals surface area contributed by atoms with Crippen molar-refractivity contribution >= 4 is 17.2 Å². The fourth-order valence-corrected chi connectivity index (χ4v) is 3.00. The lowest BCUT2D eigenvalue weighted by molar-refractivity contribution is -0.121. The third-order valence-corrected chi connectivity index (χ3v) is 4.25. The molecule has 2 aromatic rings. The second kappa shape index (κ2) is 5.75. The molecule has 0 bridgehead atoms. The van der Waals surface area contributed by atoms with Gasteiger partial charge in [0.1, 0.15) is 5.82 Å². The van der Waals surface area contributed by atoms with E-state index in [9.17, 15) is 4.79 Å². The van der Waals surface area contributed by atoms with Crippen molar-refractivity contribution in [2.45, 2.75) is 45.2 Å². The Labute approximate surface area is 122 Å². The Morgan fingerprint density at radius 2 is 2.35 bits per heavy atom. The topological polar surface area (TPSA) is 59.8 Å². The van der Waals surface area contributed by atoms with Crippen LogP contribution >= 0.6 is 11.3 Å². The molecule has 1 aliphatic rings. The molecule has 5 nitrogen and oxygen atoms in total. The maximum atomic E-state index is 11.8. The van der Waals surface area contributed by atoms with Crippen molar-refractivity contribution in [1.29, 1.82) is 0 Å². The third kappa shape index (κ3) is 3.07. The average Bonchev–Trinajstić information content (AvgIpc) is 3.00. The van der Waals surface area contributed by atoms with E-state index in [0.717, 1.165) is 18.1 Å². The smallest absolute Gasteiger partial charge is 0.220 e. The molecule has 0 spiro atoms. The normalized spacial score (nSPS) is 14.4. The van der Waals surface area contributed by atoms with Gasteiger partial charge in [0.15, 0.2) is 5.82 Å². The molecule has 0 atom stereocenters. The first-order valence-corrected chi connectivity index (χ1v) is 7.86. The largest absolute Gasteiger partial charge is 0.349 e. The van der Waals surface area contributed by atoms with Crippen LogP contribution in [0.25, 0.3) is 0 Å². The number of aromatic nitrogens is 3. The fourth-order valence-electron chi connectivity index (χ4n) is 2.30. The summed E-state index contributed by atoms with van der Waals surface area (Å²) in [5.41, 5.74) is 1.22. The first kappa shape index (κ1) is 13.3. The summed E-state index contributed by atoms with van der Waals surface area (Å²) in [5.74, 6) is 1.88. The van der Waals surface area contributed by atoms with Gasteiger partial charge in [-0.25, -0.2) is 0 Å². The molecule has 106 valence electrons. The van der Waals surface area contributed by atoms with Gasteiger partial charge in [0.25, 0.3) is 0 Å². The minimum Gasteiger partial charge on any atom is -0.349 e. The molecule has 6 heteroatoms. The number of nitrogens with one attached hydrogen (secondary N) is 1. The van der Waals surface area contributed by atoms with E-state index >= 15 is 0 Å². The zero-order valence-electron chi connectivity index (χ0n) is 11.5. The number of thiophene rings is 1. The highest BCUT2D eigenvalue weighted by molar-refractivity contribution is 7.07. The minimum absolute atomic E-state index is 0.0687. The molecule has 2 heterocycles. The lowest BCUT2D eigenvalue weighted by atomic mass is 10.2. The number of amides is 1. The number of hydrogen-bond acceptors (Lipinski definition) is 4. The number of rotatable bonds is 6. The van der Waals surface area contributed by atoms with Gasteiger partial charge in [-0.3, -0.25) is 4.79 Å². The molecule has 0 aliphatic heterocycles. The predicted octanol–water partition coefficient (Wildman–Crippen LogP) is 2.23. The Morgan fingerprint density at radius 1 is 1.50 bits per heavy atom. The number of nitrogens with zero attached hydrogens (tertiary/aromatic N) is 3. The van der Waals surface area contributed by atoms with Crippen LogP contribution in [0.3, 0.4) is 0 Å². The first-order valence-electron chi connectivity index (χ1n) is 6.92. The van der Waals surface area contributed by atoms with Gasteiger partial charge in [0.2, 0.25) is 5.91 Å². The minimum atomic E-state index is 0.0687. The Morgan fingerprint density at radius 3 is 3.05 bits per heavy atom. The van der Waals surface area contributed by atoms with Crippen LogP contribution in [0.2, 0.25) is 0 Å². The van der Waals surface area contributed by atoms with E-state index in [4.69, 9.17) is 0 Å². The Hall–Kier alpha value is -1.69. The predicted molar refractivity (Wildman–Crippen MR) is 77.5 cm³/mol. The summed E-state index contributed by atoms with van der Waals surface area (Å²) in [6.07, 6.45) is 3.70. The Kier molecular flexibility index (Phi) is 3.82. The van der Waals surface area contributed by atoms with Gasteiger partial charge in [-0.1, -0.05) is 0 Å². The van der Waals surface area contributed by atoms with Crippen molar-refractivity contribution in [2.75, 3.05) is 0 Å². The van der Waals surface area contributed by atoms with Crippen LogP contribution in [0.1, 0.15) is 42.5 Å². The average molecular weight is 290 g/mol. The molecule has 3 rings (SSSR count). The monoisotopic (exact) mass is 290 g/mol. The lowest BCUT2D eigenvalue weighted by Gasteiger charge is -2.08. The SMILES string of the molecule is Cc1nnc(CNC(=O)CCc2ccsc2)n1C1CC1. The van der Waals surface area contributed by atoms with Crippen molar-refractivity contribution < 1.29 is 4.79 Å². The first-order chi connectivity index (χ1) is 9.74. The molecule has 1 aliphatic carbocycles. The maximum absolute atomic E-state index is 11.8. The van der Waals surface area contributed by atoms with E-state index < -0.39 is 0 Å². The highest BCUT2D eigenvalue weighted by Gasteiger charge is 2.28. The summed E-state index contributed by atoms with van der Waals surface area (Å²) >= 11 is 1.66. The second-order valence-electron chi connectivity index (χ2n) is 5.17. The summed E-state index contributed by atoms with van der Waals surface area (Å²) in [7, 11) is 0. The van der Waals surface area contributed by atoms with E-state index in [1.165, 1.54) is 18.4 Å². The molecule has 0 saturated heterocycles. The summed E-state index contributed by atoms with van der Waals surface area (Å²) in [6, 6.07) is 2.60. The highest BCUT2D eigenvalue weighted by Crippen LogP contribution is 2.36. The van der Waals surface area contributed by atoms with Crippen molar-refractivity contribution in [1.82, 2.24) is 20.1 Å². The second-order valence-corrected chi connectivity index (χ2v) is 5.95. The van der Waals surface area contributed by atoms with Gasteiger partial charge in [-0.2, -0.15) is 11.3 Å². The van der Waals surface area contributed by atoms with Crippen LogP contribution in [0.4, 0.5) is 0 Å². The molecular weight excluding hydrogens is 272 g/mol. The van der Waals surface area contributed by atoms with E-state index in [-0.39, 0.29) is 5.91 Å². The standard InChI is InChI=1S/C14H18N4OS/c1-10-16-17-13(18(10)12-3-4-12)8-15-14(19)5-2-11-6-7-20-9-11/h6-7,9,12H,2-5,8H2,1H3,(H,15,19). The maximum Gasteiger partial charge on any atom is 0.220 e. The van der Waals surface area contributed by atoms with Crippen LogP contribution < -0.4 is 5.32 Å². The van der Waals surface area contributed by atoms with Gasteiger partial charge in [-0.15, -0.1) is 10.2 Å². The Bertz CT molecular complexity index is 586. The molecule has 0 radical (unpaired) electrons.